The van der Waals surface area contributed by atoms with Crippen LogP contribution in [0.25, 0.3) is 21.5 Å². The number of hydrogen-bond acceptors (Lipinski definition) is 1. The number of anilines is 1. The van der Waals surface area contributed by atoms with Crippen molar-refractivity contribution in [3.05, 3.63) is 90.0 Å². The average molecular weight is 283 g/mol. The minimum Gasteiger partial charge on any atom is -0.398 e. The SMILES string of the molecule is Nc1ccccc1Cc1cc2ccccc2c2ccccc12. The standard InChI is InChI=1S/C21H17N/c22-21-12-6-2-8-16(21)14-17-13-15-7-1-3-9-18(15)20-11-5-4-10-19(17)20/h1-13H,14,22H2. The van der Waals surface area contributed by atoms with Gasteiger partial charge in [-0.3, -0.25) is 0 Å². The van der Waals surface area contributed by atoms with Crippen LogP contribution in [0.5, 0.6) is 0 Å². The van der Waals surface area contributed by atoms with E-state index in [1.54, 1.807) is 0 Å². The molecule has 0 aliphatic rings. The maximum absolute atomic E-state index is 6.13. The summed E-state index contributed by atoms with van der Waals surface area (Å²) in [4.78, 5) is 0. The number of fused-ring (bicyclic) bond motifs is 3. The van der Waals surface area contributed by atoms with Gasteiger partial charge in [-0.1, -0.05) is 72.8 Å². The second kappa shape index (κ2) is 5.19. The van der Waals surface area contributed by atoms with Crippen LogP contribution in [-0.2, 0) is 6.42 Å². The van der Waals surface area contributed by atoms with Gasteiger partial charge >= 0.3 is 0 Å². The third-order valence-electron chi connectivity index (χ3n) is 4.29. The van der Waals surface area contributed by atoms with Crippen molar-refractivity contribution in [1.82, 2.24) is 0 Å². The van der Waals surface area contributed by atoms with Gasteiger partial charge in [-0.2, -0.15) is 0 Å². The Kier molecular flexibility index (Phi) is 3.05. The number of hydrogen-bond donors (Lipinski definition) is 1. The first-order valence-corrected chi connectivity index (χ1v) is 7.56. The molecular formula is C21H17N. The average Bonchev–Trinajstić information content (AvgIpc) is 2.57. The molecule has 0 aliphatic heterocycles. The zero-order valence-electron chi connectivity index (χ0n) is 12.3. The number of benzene rings is 4. The molecule has 1 nitrogen and oxygen atoms in total. The van der Waals surface area contributed by atoms with Gasteiger partial charge in [0.15, 0.2) is 0 Å². The van der Waals surface area contributed by atoms with Crippen molar-refractivity contribution in [2.45, 2.75) is 6.42 Å². The molecule has 2 N–H and O–H groups in total. The van der Waals surface area contributed by atoms with Gasteiger partial charge in [0.05, 0.1) is 0 Å². The molecule has 0 saturated carbocycles. The van der Waals surface area contributed by atoms with Crippen LogP contribution in [0.4, 0.5) is 5.69 Å². The summed E-state index contributed by atoms with van der Waals surface area (Å²) in [6.45, 7) is 0. The van der Waals surface area contributed by atoms with E-state index in [1.807, 2.05) is 12.1 Å². The fraction of sp³-hybridized carbons (Fsp3) is 0.0476. The van der Waals surface area contributed by atoms with E-state index in [0.29, 0.717) is 0 Å². The maximum Gasteiger partial charge on any atom is 0.0349 e. The Bertz CT molecular complexity index is 970. The third-order valence-corrected chi connectivity index (χ3v) is 4.29. The number of nitrogens with two attached hydrogens (primary N) is 1. The van der Waals surface area contributed by atoms with Crippen molar-refractivity contribution in [3.8, 4) is 0 Å². The molecule has 0 aromatic heterocycles. The molecule has 0 radical (unpaired) electrons. The van der Waals surface area contributed by atoms with Crippen LogP contribution in [-0.4, -0.2) is 0 Å². The summed E-state index contributed by atoms with van der Waals surface area (Å²) < 4.78 is 0. The van der Waals surface area contributed by atoms with Crippen LogP contribution in [0.2, 0.25) is 0 Å². The largest absolute Gasteiger partial charge is 0.398 e. The minimum absolute atomic E-state index is 0.859. The normalized spacial score (nSPS) is 11.1. The lowest BCUT2D eigenvalue weighted by atomic mass is 9.93. The molecule has 0 aliphatic carbocycles. The Morgan fingerprint density at radius 2 is 1.23 bits per heavy atom. The lowest BCUT2D eigenvalue weighted by Gasteiger charge is -2.12. The first-order valence-electron chi connectivity index (χ1n) is 7.56. The van der Waals surface area contributed by atoms with Crippen LogP contribution >= 0.6 is 0 Å². The Morgan fingerprint density at radius 1 is 0.591 bits per heavy atom. The molecule has 4 aromatic carbocycles. The van der Waals surface area contributed by atoms with Crippen molar-refractivity contribution in [2.24, 2.45) is 0 Å². The van der Waals surface area contributed by atoms with Gasteiger partial charge < -0.3 is 5.73 Å². The predicted molar refractivity (Wildman–Crippen MR) is 95.1 cm³/mol. The molecule has 22 heavy (non-hydrogen) atoms. The van der Waals surface area contributed by atoms with Gasteiger partial charge in [-0.25, -0.2) is 0 Å². The first kappa shape index (κ1) is 12.9. The molecule has 1 heteroatoms. The summed E-state index contributed by atoms with van der Waals surface area (Å²) in [6.07, 6.45) is 0.859. The van der Waals surface area contributed by atoms with Crippen molar-refractivity contribution in [3.63, 3.8) is 0 Å². The van der Waals surface area contributed by atoms with E-state index in [0.717, 1.165) is 12.1 Å². The highest BCUT2D eigenvalue weighted by Crippen LogP contribution is 2.30. The van der Waals surface area contributed by atoms with Crippen molar-refractivity contribution >= 4 is 27.2 Å². The van der Waals surface area contributed by atoms with Crippen molar-refractivity contribution in [1.29, 1.82) is 0 Å². The topological polar surface area (TPSA) is 26.0 Å². The van der Waals surface area contributed by atoms with E-state index in [9.17, 15) is 0 Å². The third kappa shape index (κ3) is 2.11. The van der Waals surface area contributed by atoms with E-state index < -0.39 is 0 Å². The second-order valence-corrected chi connectivity index (χ2v) is 5.68. The van der Waals surface area contributed by atoms with Gasteiger partial charge in [0, 0.05) is 12.1 Å². The summed E-state index contributed by atoms with van der Waals surface area (Å²) in [6, 6.07) is 27.6. The Labute approximate surface area is 130 Å². The summed E-state index contributed by atoms with van der Waals surface area (Å²) in [5.74, 6) is 0. The lowest BCUT2D eigenvalue weighted by Crippen LogP contribution is -1.96. The minimum atomic E-state index is 0.859. The molecule has 0 spiro atoms. The first-order chi connectivity index (χ1) is 10.8. The Hall–Kier alpha value is -2.80. The van der Waals surface area contributed by atoms with E-state index in [1.165, 1.54) is 32.7 Å². The molecule has 0 fully saturated rings. The Morgan fingerprint density at radius 3 is 2.05 bits per heavy atom. The van der Waals surface area contributed by atoms with Gasteiger partial charge in [-0.15, -0.1) is 0 Å². The monoisotopic (exact) mass is 283 g/mol. The molecule has 0 atom stereocenters. The Balaban J connectivity index is 1.98. The zero-order valence-corrected chi connectivity index (χ0v) is 12.3. The summed E-state index contributed by atoms with van der Waals surface area (Å²) in [7, 11) is 0. The molecule has 0 bridgehead atoms. The van der Waals surface area contributed by atoms with Crippen LogP contribution in [0.3, 0.4) is 0 Å². The van der Waals surface area contributed by atoms with Gasteiger partial charge in [0.25, 0.3) is 0 Å². The highest BCUT2D eigenvalue weighted by atomic mass is 14.6. The van der Waals surface area contributed by atoms with Crippen molar-refractivity contribution in [2.75, 3.05) is 5.73 Å². The molecule has 0 unspecified atom stereocenters. The molecule has 106 valence electrons. The summed E-state index contributed by atoms with van der Waals surface area (Å²) >= 11 is 0. The maximum atomic E-state index is 6.13. The van der Waals surface area contributed by atoms with Crippen LogP contribution in [0.15, 0.2) is 78.9 Å². The quantitative estimate of drug-likeness (QED) is 0.399. The van der Waals surface area contributed by atoms with E-state index in [4.69, 9.17) is 5.73 Å². The van der Waals surface area contributed by atoms with Gasteiger partial charge in [0.2, 0.25) is 0 Å². The molecule has 0 amide bonds. The van der Waals surface area contributed by atoms with Gasteiger partial charge in [0.1, 0.15) is 0 Å². The highest BCUT2D eigenvalue weighted by Gasteiger charge is 2.08. The smallest absolute Gasteiger partial charge is 0.0349 e. The molecule has 0 saturated heterocycles. The van der Waals surface area contributed by atoms with E-state index in [-0.39, 0.29) is 0 Å². The molecular weight excluding hydrogens is 266 g/mol. The summed E-state index contributed by atoms with van der Waals surface area (Å²) in [5.41, 5.74) is 9.50. The van der Waals surface area contributed by atoms with Gasteiger partial charge in [-0.05, 0) is 38.7 Å². The number of nitrogen functional groups attached to an aromatic ring is 1. The highest BCUT2D eigenvalue weighted by molar-refractivity contribution is 6.09. The molecule has 0 heterocycles. The lowest BCUT2D eigenvalue weighted by molar-refractivity contribution is 1.22. The van der Waals surface area contributed by atoms with E-state index in [2.05, 4.69) is 66.7 Å². The fourth-order valence-corrected chi connectivity index (χ4v) is 3.18. The van der Waals surface area contributed by atoms with Crippen molar-refractivity contribution < 1.29 is 0 Å². The number of para-hydroxylation sites is 1. The van der Waals surface area contributed by atoms with E-state index >= 15 is 0 Å². The molecule has 4 rings (SSSR count). The van der Waals surface area contributed by atoms with Crippen LogP contribution in [0, 0.1) is 0 Å². The second-order valence-electron chi connectivity index (χ2n) is 5.68. The predicted octanol–water partition coefficient (Wildman–Crippen LogP) is 5.17. The van der Waals surface area contributed by atoms with Crippen LogP contribution < -0.4 is 5.73 Å². The van der Waals surface area contributed by atoms with Crippen LogP contribution in [0.1, 0.15) is 11.1 Å². The number of rotatable bonds is 2. The summed E-state index contributed by atoms with van der Waals surface area (Å²) in [5, 5.41) is 5.21. The zero-order chi connectivity index (χ0) is 14.9. The fourth-order valence-electron chi connectivity index (χ4n) is 3.18. The molecule has 4 aromatic rings.